The van der Waals surface area contributed by atoms with Gasteiger partial charge in [-0.1, -0.05) is 52.0 Å². The molecule has 3 saturated carbocycles. The number of aliphatic hydroxyl groups is 2. The van der Waals surface area contributed by atoms with Crippen LogP contribution in [0.15, 0.2) is 35.5 Å². The molecule has 3 rings (SSSR count). The topological polar surface area (TPSA) is 40.5 Å². The predicted octanol–water partition coefficient (Wildman–Crippen LogP) is 6.84. The van der Waals surface area contributed by atoms with E-state index in [1.807, 2.05) is 0 Å². The molecule has 0 radical (unpaired) electrons. The van der Waals surface area contributed by atoms with Crippen molar-refractivity contribution in [2.45, 2.75) is 104 Å². The summed E-state index contributed by atoms with van der Waals surface area (Å²) in [4.78, 5) is 0. The summed E-state index contributed by atoms with van der Waals surface area (Å²) in [5.41, 5.74) is 3.30. The molecule has 0 aromatic rings. The fourth-order valence-electron chi connectivity index (χ4n) is 6.59. The van der Waals surface area contributed by atoms with Gasteiger partial charge in [-0.2, -0.15) is 0 Å². The van der Waals surface area contributed by atoms with E-state index < -0.39 is 24.0 Å². The van der Waals surface area contributed by atoms with Crippen LogP contribution >= 0.6 is 0 Å². The highest BCUT2D eigenvalue weighted by molar-refractivity contribution is 5.38. The minimum atomic E-state index is -2.57. The van der Waals surface area contributed by atoms with Crippen LogP contribution in [0.25, 0.3) is 0 Å². The summed E-state index contributed by atoms with van der Waals surface area (Å²) in [5, 5.41) is 20.1. The summed E-state index contributed by atoms with van der Waals surface area (Å²) in [5.74, 6) is -1.88. The predicted molar refractivity (Wildman–Crippen MR) is 123 cm³/mol. The Hall–Kier alpha value is -1.00. The van der Waals surface area contributed by atoms with Gasteiger partial charge in [0.05, 0.1) is 12.2 Å². The van der Waals surface area contributed by atoms with Crippen molar-refractivity contribution >= 4 is 0 Å². The summed E-state index contributed by atoms with van der Waals surface area (Å²) in [6.07, 6.45) is 10.2. The number of hydrogen-bond acceptors (Lipinski definition) is 2. The zero-order valence-electron chi connectivity index (χ0n) is 19.8. The summed E-state index contributed by atoms with van der Waals surface area (Å²) in [6.45, 7) is 11.8. The van der Waals surface area contributed by atoms with Crippen LogP contribution in [0.2, 0.25) is 0 Å². The maximum Gasteiger partial charge on any atom is 0.250 e. The fraction of sp³-hybridized carbons (Fsp3) is 0.778. The Morgan fingerprint density at radius 1 is 1.19 bits per heavy atom. The van der Waals surface area contributed by atoms with Crippen LogP contribution in [-0.2, 0) is 0 Å². The molecule has 31 heavy (non-hydrogen) atoms. The number of hydrogen-bond donors (Lipinski definition) is 2. The van der Waals surface area contributed by atoms with Gasteiger partial charge < -0.3 is 10.2 Å². The van der Waals surface area contributed by atoms with E-state index in [0.717, 1.165) is 36.8 Å². The van der Waals surface area contributed by atoms with E-state index in [1.165, 1.54) is 12.0 Å². The molecule has 176 valence electrons. The summed E-state index contributed by atoms with van der Waals surface area (Å²) in [7, 11) is 0. The van der Waals surface area contributed by atoms with Gasteiger partial charge in [0.25, 0.3) is 0 Å². The van der Waals surface area contributed by atoms with Gasteiger partial charge in [-0.15, -0.1) is 0 Å². The highest BCUT2D eigenvalue weighted by Crippen LogP contribution is 2.60. The molecule has 3 aliphatic carbocycles. The lowest BCUT2D eigenvalue weighted by Crippen LogP contribution is -2.36. The van der Waals surface area contributed by atoms with E-state index in [0.29, 0.717) is 37.0 Å². The molecule has 0 amide bonds. The summed E-state index contributed by atoms with van der Waals surface area (Å²) in [6, 6.07) is 0. The average Bonchev–Trinajstić information content (AvgIpc) is 3.05. The molecule has 0 aromatic carbocycles. The van der Waals surface area contributed by atoms with Gasteiger partial charge >= 0.3 is 0 Å². The Kier molecular flexibility index (Phi) is 7.53. The van der Waals surface area contributed by atoms with E-state index in [9.17, 15) is 19.0 Å². The highest BCUT2D eigenvalue weighted by atomic mass is 19.3. The van der Waals surface area contributed by atoms with Crippen molar-refractivity contribution in [2.75, 3.05) is 0 Å². The lowest BCUT2D eigenvalue weighted by molar-refractivity contribution is -0.0600. The van der Waals surface area contributed by atoms with Crippen molar-refractivity contribution in [1.29, 1.82) is 0 Å². The third-order valence-electron chi connectivity index (χ3n) is 8.77. The van der Waals surface area contributed by atoms with E-state index >= 15 is 0 Å². The Balaban J connectivity index is 1.73. The van der Waals surface area contributed by atoms with Gasteiger partial charge in [-0.3, -0.25) is 0 Å². The van der Waals surface area contributed by atoms with Crippen molar-refractivity contribution in [3.8, 4) is 0 Å². The molecule has 0 bridgehead atoms. The second kappa shape index (κ2) is 9.47. The first kappa shape index (κ1) is 24.6. The van der Waals surface area contributed by atoms with Crippen molar-refractivity contribution < 1.29 is 19.0 Å². The van der Waals surface area contributed by atoms with Crippen molar-refractivity contribution in [3.63, 3.8) is 0 Å². The largest absolute Gasteiger partial charge is 0.393 e. The number of halogens is 2. The van der Waals surface area contributed by atoms with Gasteiger partial charge in [0.2, 0.25) is 5.92 Å². The first-order valence-corrected chi connectivity index (χ1v) is 12.3. The maximum atomic E-state index is 14.2. The van der Waals surface area contributed by atoms with Crippen LogP contribution < -0.4 is 0 Å². The number of allylic oxidation sites excluding steroid dienone is 3. The number of fused-ring (bicyclic) bond motifs is 1. The molecule has 0 aliphatic heterocycles. The van der Waals surface area contributed by atoms with Crippen LogP contribution in [0.4, 0.5) is 8.78 Å². The molecule has 0 saturated heterocycles. The van der Waals surface area contributed by atoms with E-state index in [1.54, 1.807) is 13.8 Å². The molecular weight excluding hydrogens is 394 g/mol. The molecule has 0 heterocycles. The van der Waals surface area contributed by atoms with E-state index in [2.05, 4.69) is 32.6 Å². The normalized spacial score (nSPS) is 38.2. The summed E-state index contributed by atoms with van der Waals surface area (Å²) >= 11 is 0. The molecular formula is C27H42F2O2. The standard InChI is InChI=1S/C27H42F2O2/c1-17(2)27(28,29)14-12-18(3)23-10-11-24-20(7-6-13-26(23,24)5)8-9-21-15-22(30)16-25(31)19(21)4/h8-9,17-18,22-25,30-31H,4,6-7,10-16H2,1-3,5H3/b20-8?,21-9-/t18-,22-,23-,24?,25-,26-/m1/s1. The SMILES string of the molecule is C=C1/C(=C\C=C2CCC[C@@]3(C)C2CC[C@@H]3[C@H](C)CCC(F)(F)C(C)C)C[C@@H](O)C[C@H]1O. The molecule has 2 nitrogen and oxygen atoms in total. The Morgan fingerprint density at radius 3 is 2.58 bits per heavy atom. The van der Waals surface area contributed by atoms with Crippen molar-refractivity contribution in [1.82, 2.24) is 0 Å². The molecule has 3 fully saturated rings. The maximum absolute atomic E-state index is 14.2. The number of alkyl halides is 2. The van der Waals surface area contributed by atoms with E-state index in [-0.39, 0.29) is 11.8 Å². The van der Waals surface area contributed by atoms with Gasteiger partial charge in [0, 0.05) is 18.8 Å². The van der Waals surface area contributed by atoms with Crippen LogP contribution in [0.5, 0.6) is 0 Å². The summed E-state index contributed by atoms with van der Waals surface area (Å²) < 4.78 is 28.4. The Labute approximate surface area is 187 Å². The first-order valence-electron chi connectivity index (χ1n) is 12.3. The fourth-order valence-corrected chi connectivity index (χ4v) is 6.59. The third kappa shape index (κ3) is 5.16. The number of rotatable bonds is 6. The highest BCUT2D eigenvalue weighted by Gasteiger charge is 2.51. The van der Waals surface area contributed by atoms with Crippen LogP contribution in [-0.4, -0.2) is 28.3 Å². The molecule has 6 atom stereocenters. The second-order valence-electron chi connectivity index (χ2n) is 11.1. The van der Waals surface area contributed by atoms with Crippen molar-refractivity contribution in [3.05, 3.63) is 35.5 Å². The first-order chi connectivity index (χ1) is 14.5. The Morgan fingerprint density at radius 2 is 1.90 bits per heavy atom. The minimum Gasteiger partial charge on any atom is -0.393 e. The van der Waals surface area contributed by atoms with Crippen LogP contribution in [0.3, 0.4) is 0 Å². The quantitative estimate of drug-likeness (QED) is 0.479. The number of aliphatic hydroxyl groups excluding tert-OH is 2. The van der Waals surface area contributed by atoms with Gasteiger partial charge in [-0.05, 0) is 79.3 Å². The second-order valence-corrected chi connectivity index (χ2v) is 11.1. The third-order valence-corrected chi connectivity index (χ3v) is 8.77. The van der Waals surface area contributed by atoms with Gasteiger partial charge in [0.1, 0.15) is 0 Å². The molecule has 2 N–H and O–H groups in total. The van der Waals surface area contributed by atoms with Gasteiger partial charge in [0.15, 0.2) is 0 Å². The molecule has 4 heteroatoms. The van der Waals surface area contributed by atoms with E-state index in [4.69, 9.17) is 0 Å². The monoisotopic (exact) mass is 436 g/mol. The molecule has 0 spiro atoms. The smallest absolute Gasteiger partial charge is 0.250 e. The lowest BCUT2D eigenvalue weighted by Gasteiger charge is -2.44. The average molecular weight is 437 g/mol. The molecule has 3 aliphatic rings. The minimum absolute atomic E-state index is 0.00929. The van der Waals surface area contributed by atoms with Gasteiger partial charge in [-0.25, -0.2) is 8.78 Å². The Bertz CT molecular complexity index is 723. The zero-order valence-corrected chi connectivity index (χ0v) is 19.8. The van der Waals surface area contributed by atoms with Crippen LogP contribution in [0, 0.1) is 29.1 Å². The zero-order chi connectivity index (χ0) is 23.0. The molecule has 0 aromatic heterocycles. The molecule has 1 unspecified atom stereocenters. The lowest BCUT2D eigenvalue weighted by atomic mass is 9.60. The van der Waals surface area contributed by atoms with Crippen molar-refractivity contribution in [2.24, 2.45) is 29.1 Å². The van der Waals surface area contributed by atoms with Crippen LogP contribution in [0.1, 0.15) is 85.5 Å².